The van der Waals surface area contributed by atoms with Crippen LogP contribution in [0, 0.1) is 10.1 Å². The third-order valence-electron chi connectivity index (χ3n) is 2.54. The largest absolute Gasteiger partial charge is 1.00 e. The number of hydrogen-bond acceptors (Lipinski definition) is 8. The number of hydrogen-bond donors (Lipinski definition) is 3. The van der Waals surface area contributed by atoms with Crippen LogP contribution in [-0.4, -0.2) is 30.7 Å². The number of benzene rings is 1. The Morgan fingerprint density at radius 1 is 1.33 bits per heavy atom. The fourth-order valence-corrected chi connectivity index (χ4v) is 1.98. The van der Waals surface area contributed by atoms with Crippen LogP contribution >= 0.6 is 10.9 Å². The molecule has 12 heteroatoms. The number of rotatable bonds is 5. The normalized spacial score (nSPS) is 11.8. The summed E-state index contributed by atoms with van der Waals surface area (Å²) in [7, 11) is -4.21. The number of hydrazone groups is 1. The molecule has 1 aromatic carbocycles. The van der Waals surface area contributed by atoms with E-state index in [-0.39, 0.29) is 46.6 Å². The smallest absolute Gasteiger partial charge is 0.767 e. The number of amides is 1. The molecule has 1 amide bonds. The third kappa shape index (κ3) is 5.42. The molecule has 0 atom stereocenters. The van der Waals surface area contributed by atoms with Gasteiger partial charge in [-0.25, -0.2) is 5.43 Å². The molecule has 0 radical (unpaired) electrons. The molecule has 0 aliphatic rings. The van der Waals surface area contributed by atoms with Crippen LogP contribution in [0.15, 0.2) is 51.0 Å². The molecule has 24 heavy (non-hydrogen) atoms. The van der Waals surface area contributed by atoms with Crippen LogP contribution in [-0.2, 0) is 0 Å². The van der Waals surface area contributed by atoms with Gasteiger partial charge in [0.05, 0.1) is 11.1 Å². The third-order valence-corrected chi connectivity index (χ3v) is 3.28. The van der Waals surface area contributed by atoms with Crippen molar-refractivity contribution in [2.24, 2.45) is 5.10 Å². The Balaban J connectivity index is 0.00000288. The Bertz CT molecular complexity index is 772. The summed E-state index contributed by atoms with van der Waals surface area (Å²) in [6, 6.07) is 7.38. The van der Waals surface area contributed by atoms with E-state index in [0.29, 0.717) is 0 Å². The second kappa shape index (κ2) is 8.39. The Morgan fingerprint density at radius 3 is 2.62 bits per heavy atom. The van der Waals surface area contributed by atoms with E-state index in [4.69, 9.17) is 13.5 Å². The zero-order valence-electron chi connectivity index (χ0n) is 12.3. The molecule has 122 valence electrons. The summed E-state index contributed by atoms with van der Waals surface area (Å²) in [4.78, 5) is 21.8. The van der Waals surface area contributed by atoms with Crippen molar-refractivity contribution >= 4 is 28.7 Å². The van der Waals surface area contributed by atoms with Crippen LogP contribution in [0.5, 0.6) is 0 Å². The average molecular weight is 363 g/mol. The number of nitrogens with zero attached hydrogens (tertiary/aromatic N) is 2. The van der Waals surface area contributed by atoms with Crippen molar-refractivity contribution in [3.05, 3.63) is 57.8 Å². The molecule has 2 rings (SSSR count). The molecule has 0 aliphatic heterocycles. The summed E-state index contributed by atoms with van der Waals surface area (Å²) in [6.45, 7) is 0. The van der Waals surface area contributed by atoms with Gasteiger partial charge in [0.25, 0.3) is 11.6 Å². The molecule has 1 aromatic heterocycles. The SMILES string of the molecule is O=C(N/N=C/c1ccc(S([O-])(O)O)o1)c1cccc([N+](=O)[O-])c1.[Na+]. The van der Waals surface area contributed by atoms with E-state index in [1.165, 1.54) is 24.3 Å². The quantitative estimate of drug-likeness (QED) is 0.271. The molecule has 1 heterocycles. The van der Waals surface area contributed by atoms with Crippen molar-refractivity contribution < 1.29 is 57.4 Å². The molecular formula is C12H10N3NaO7S. The van der Waals surface area contributed by atoms with Gasteiger partial charge in [-0.1, -0.05) is 6.07 Å². The zero-order chi connectivity index (χ0) is 17.0. The standard InChI is InChI=1S/C12H11N3O7S.Na/c16-12(8-2-1-3-9(6-8)15(17)18)14-13-7-10-4-5-11(22-10)23(19,20)21;/h1-7,19-21H,(H,14,16);/q;+1/p-1/b13-7+;. The Labute approximate surface area is 159 Å². The number of carbonyl (C=O) groups excluding carboxylic acids is 1. The number of nitrogens with one attached hydrogen (secondary N) is 1. The van der Waals surface area contributed by atoms with E-state index in [0.717, 1.165) is 18.3 Å². The molecule has 2 aromatic rings. The average Bonchev–Trinajstić information content (AvgIpc) is 2.96. The molecular weight excluding hydrogens is 353 g/mol. The van der Waals surface area contributed by atoms with Gasteiger partial charge in [-0.2, -0.15) is 5.10 Å². The first-order chi connectivity index (χ1) is 10.8. The first kappa shape index (κ1) is 20.3. The van der Waals surface area contributed by atoms with Crippen molar-refractivity contribution in [2.75, 3.05) is 0 Å². The maximum absolute atomic E-state index is 11.8. The Kier molecular flexibility index (Phi) is 7.10. The van der Waals surface area contributed by atoms with Gasteiger partial charge in [-0.3, -0.25) is 14.9 Å². The Morgan fingerprint density at radius 2 is 2.04 bits per heavy atom. The van der Waals surface area contributed by atoms with Gasteiger partial charge in [0.1, 0.15) is 5.76 Å². The van der Waals surface area contributed by atoms with E-state index in [9.17, 15) is 19.5 Å². The van der Waals surface area contributed by atoms with Crippen molar-refractivity contribution in [1.29, 1.82) is 0 Å². The van der Waals surface area contributed by atoms with Crippen molar-refractivity contribution in [3.8, 4) is 0 Å². The minimum atomic E-state index is -4.21. The van der Waals surface area contributed by atoms with E-state index in [1.54, 1.807) is 0 Å². The second-order valence-corrected chi connectivity index (χ2v) is 5.56. The van der Waals surface area contributed by atoms with Crippen LogP contribution in [0.2, 0.25) is 0 Å². The molecule has 3 N–H and O–H groups in total. The second-order valence-electron chi connectivity index (χ2n) is 4.16. The van der Waals surface area contributed by atoms with E-state index in [1.807, 2.05) is 0 Å². The van der Waals surface area contributed by atoms with Crippen molar-refractivity contribution in [2.45, 2.75) is 5.09 Å². The van der Waals surface area contributed by atoms with Crippen LogP contribution < -0.4 is 35.0 Å². The summed E-state index contributed by atoms with van der Waals surface area (Å²) in [6.07, 6.45) is 1.03. The molecule has 0 aliphatic carbocycles. The molecule has 10 nitrogen and oxygen atoms in total. The van der Waals surface area contributed by atoms with Gasteiger partial charge in [0, 0.05) is 17.7 Å². The van der Waals surface area contributed by atoms with Crippen molar-refractivity contribution in [3.63, 3.8) is 0 Å². The number of carbonyl (C=O) groups is 1. The zero-order valence-corrected chi connectivity index (χ0v) is 15.1. The van der Waals surface area contributed by atoms with E-state index < -0.39 is 26.8 Å². The van der Waals surface area contributed by atoms with Gasteiger partial charge < -0.3 is 18.1 Å². The predicted molar refractivity (Wildman–Crippen MR) is 78.8 cm³/mol. The predicted octanol–water partition coefficient (Wildman–Crippen LogP) is -0.804. The van der Waals surface area contributed by atoms with Gasteiger partial charge in [-0.05, 0) is 29.1 Å². The fraction of sp³-hybridized carbons (Fsp3) is 0. The summed E-state index contributed by atoms with van der Waals surface area (Å²) in [5.41, 5.74) is 1.91. The van der Waals surface area contributed by atoms with Crippen LogP contribution in [0.4, 0.5) is 5.69 Å². The molecule has 0 spiro atoms. The van der Waals surface area contributed by atoms with E-state index in [2.05, 4.69) is 10.5 Å². The monoisotopic (exact) mass is 363 g/mol. The number of furan rings is 1. The van der Waals surface area contributed by atoms with Crippen molar-refractivity contribution in [1.82, 2.24) is 5.43 Å². The van der Waals surface area contributed by atoms with Gasteiger partial charge in [0.15, 0.2) is 5.09 Å². The minimum absolute atomic E-state index is 0. The van der Waals surface area contributed by atoms with Gasteiger partial charge >= 0.3 is 29.6 Å². The summed E-state index contributed by atoms with van der Waals surface area (Å²) in [5.74, 6) is -0.681. The van der Waals surface area contributed by atoms with E-state index >= 15 is 0 Å². The van der Waals surface area contributed by atoms with Crippen LogP contribution in [0.3, 0.4) is 0 Å². The molecule has 0 fully saturated rings. The summed E-state index contributed by atoms with van der Waals surface area (Å²) in [5, 5.41) is 13.6. The molecule has 0 saturated carbocycles. The Hall–Kier alpha value is -1.73. The van der Waals surface area contributed by atoms with Gasteiger partial charge in [0.2, 0.25) is 0 Å². The van der Waals surface area contributed by atoms with Gasteiger partial charge in [-0.15, -0.1) is 0 Å². The number of non-ortho nitro benzene ring substituents is 1. The maximum Gasteiger partial charge on any atom is 1.00 e. The molecule has 0 unspecified atom stereocenters. The minimum Gasteiger partial charge on any atom is -0.767 e. The summed E-state index contributed by atoms with van der Waals surface area (Å²) >= 11 is 0. The molecule has 0 bridgehead atoms. The summed E-state index contributed by atoms with van der Waals surface area (Å²) < 4.78 is 33.4. The first-order valence-electron chi connectivity index (χ1n) is 5.94. The first-order valence-corrected chi connectivity index (χ1v) is 7.41. The van der Waals surface area contributed by atoms with Crippen LogP contribution in [0.25, 0.3) is 0 Å². The fourth-order valence-electron chi connectivity index (χ4n) is 1.53. The van der Waals surface area contributed by atoms with Crippen LogP contribution in [0.1, 0.15) is 16.1 Å². The number of nitro benzene ring substituents is 1. The number of nitro groups is 1. The maximum atomic E-state index is 11.8. The molecule has 0 saturated heterocycles. The topological polar surface area (TPSA) is 161 Å².